The molecule has 0 aliphatic carbocycles. The highest BCUT2D eigenvalue weighted by molar-refractivity contribution is 6.30. The van der Waals surface area contributed by atoms with Crippen molar-refractivity contribution >= 4 is 17.4 Å². The van der Waals surface area contributed by atoms with E-state index in [1.54, 1.807) is 12.3 Å². The van der Waals surface area contributed by atoms with E-state index in [0.717, 1.165) is 30.0 Å². The topological polar surface area (TPSA) is 51.0 Å². The van der Waals surface area contributed by atoms with Crippen LogP contribution in [0.4, 0.5) is 5.82 Å². The normalized spacial score (nSPS) is 14.2. The van der Waals surface area contributed by atoms with Crippen molar-refractivity contribution in [1.82, 2.24) is 14.8 Å². The Bertz CT molecular complexity index is 681. The fourth-order valence-corrected chi connectivity index (χ4v) is 2.53. The number of aryl methyl sites for hydroxylation is 1. The lowest BCUT2D eigenvalue weighted by Crippen LogP contribution is -2.35. The molecule has 104 valence electrons. The molecule has 0 fully saturated rings. The van der Waals surface area contributed by atoms with Gasteiger partial charge in [-0.05, 0) is 19.1 Å². The molecule has 0 radical (unpaired) electrons. The summed E-state index contributed by atoms with van der Waals surface area (Å²) in [5.41, 5.74) is 1.96. The number of aromatic nitrogens is 3. The maximum Gasteiger partial charge on any atom is 0.267 e. The smallest absolute Gasteiger partial charge is 0.267 e. The summed E-state index contributed by atoms with van der Waals surface area (Å²) in [5.74, 6) is 0.875. The van der Waals surface area contributed by atoms with Crippen molar-refractivity contribution in [3.05, 3.63) is 51.0 Å². The van der Waals surface area contributed by atoms with Crippen LogP contribution in [0.1, 0.15) is 18.2 Å². The molecule has 0 unspecified atom stereocenters. The van der Waals surface area contributed by atoms with Crippen LogP contribution in [-0.4, -0.2) is 21.3 Å². The molecule has 0 amide bonds. The summed E-state index contributed by atoms with van der Waals surface area (Å²) in [4.78, 5) is 18.3. The molecule has 2 aromatic heterocycles. The maximum absolute atomic E-state index is 11.9. The zero-order valence-corrected chi connectivity index (χ0v) is 12.0. The third-order valence-electron chi connectivity index (χ3n) is 3.48. The monoisotopic (exact) mass is 290 g/mol. The van der Waals surface area contributed by atoms with Crippen molar-refractivity contribution in [1.29, 1.82) is 0 Å². The van der Waals surface area contributed by atoms with Crippen molar-refractivity contribution in [3.63, 3.8) is 0 Å². The Hall–Kier alpha value is -1.88. The van der Waals surface area contributed by atoms with Crippen molar-refractivity contribution in [2.45, 2.75) is 26.4 Å². The Balaban J connectivity index is 1.90. The molecular formula is C14H15ClN4O. The van der Waals surface area contributed by atoms with Crippen molar-refractivity contribution in [2.75, 3.05) is 11.4 Å². The average Bonchev–Trinajstić information content (AvgIpc) is 2.46. The lowest BCUT2D eigenvalue weighted by atomic mass is 10.1. The summed E-state index contributed by atoms with van der Waals surface area (Å²) in [6.07, 6.45) is 2.46. The first-order valence-electron chi connectivity index (χ1n) is 6.64. The fraction of sp³-hybridized carbons (Fsp3) is 0.357. The molecule has 2 aromatic rings. The van der Waals surface area contributed by atoms with Gasteiger partial charge in [0.15, 0.2) is 0 Å². The predicted molar refractivity (Wildman–Crippen MR) is 78.2 cm³/mol. The first-order valence-corrected chi connectivity index (χ1v) is 7.01. The molecule has 5 nitrogen and oxygen atoms in total. The Morgan fingerprint density at radius 2 is 2.25 bits per heavy atom. The van der Waals surface area contributed by atoms with Crippen molar-refractivity contribution in [3.8, 4) is 0 Å². The number of hydrogen-bond donors (Lipinski definition) is 0. The number of anilines is 1. The number of pyridine rings is 1. The van der Waals surface area contributed by atoms with E-state index in [4.69, 9.17) is 11.6 Å². The second-order valence-electron chi connectivity index (χ2n) is 4.78. The highest BCUT2D eigenvalue weighted by atomic mass is 35.5. The SMILES string of the molecule is CCn1nc2c(cc1=O)CN(c1ccc(Cl)cn1)CC2. The van der Waals surface area contributed by atoms with Crippen molar-refractivity contribution < 1.29 is 0 Å². The number of nitrogens with zero attached hydrogens (tertiary/aromatic N) is 4. The highest BCUT2D eigenvalue weighted by Crippen LogP contribution is 2.21. The van der Waals surface area contributed by atoms with Crippen LogP contribution < -0.4 is 10.5 Å². The summed E-state index contributed by atoms with van der Waals surface area (Å²) < 4.78 is 1.51. The standard InChI is InChI=1S/C14H15ClN4O/c1-2-19-14(20)7-10-9-18(6-5-12(10)17-19)13-4-3-11(15)8-16-13/h3-4,7-8H,2,5-6,9H2,1H3. The van der Waals surface area contributed by atoms with E-state index in [0.29, 0.717) is 18.1 Å². The first kappa shape index (κ1) is 13.1. The minimum atomic E-state index is -0.0443. The van der Waals surface area contributed by atoms with Gasteiger partial charge in [0.1, 0.15) is 5.82 Å². The summed E-state index contributed by atoms with van der Waals surface area (Å²) >= 11 is 5.85. The molecule has 0 atom stereocenters. The van der Waals surface area contributed by atoms with Crippen LogP contribution in [0.25, 0.3) is 0 Å². The molecule has 0 spiro atoms. The van der Waals surface area contributed by atoms with Gasteiger partial charge in [-0.2, -0.15) is 5.10 Å². The number of hydrogen-bond acceptors (Lipinski definition) is 4. The molecule has 3 rings (SSSR count). The number of halogens is 1. The highest BCUT2D eigenvalue weighted by Gasteiger charge is 2.19. The van der Waals surface area contributed by atoms with Gasteiger partial charge in [0.25, 0.3) is 5.56 Å². The fourth-order valence-electron chi connectivity index (χ4n) is 2.42. The molecule has 1 aliphatic heterocycles. The summed E-state index contributed by atoms with van der Waals surface area (Å²) in [5, 5.41) is 5.03. The van der Waals surface area contributed by atoms with E-state index in [2.05, 4.69) is 15.0 Å². The second kappa shape index (κ2) is 5.25. The van der Waals surface area contributed by atoms with Gasteiger partial charge in [-0.25, -0.2) is 9.67 Å². The van der Waals surface area contributed by atoms with Crippen molar-refractivity contribution in [2.24, 2.45) is 0 Å². The van der Waals surface area contributed by atoms with E-state index in [1.807, 2.05) is 19.1 Å². The minimum Gasteiger partial charge on any atom is -0.352 e. The molecule has 0 saturated heterocycles. The van der Waals surface area contributed by atoms with Crippen LogP contribution in [0.15, 0.2) is 29.2 Å². The van der Waals surface area contributed by atoms with Crippen LogP contribution in [-0.2, 0) is 19.5 Å². The van der Waals surface area contributed by atoms with Crippen LogP contribution in [0, 0.1) is 0 Å². The molecule has 6 heteroatoms. The van der Waals surface area contributed by atoms with E-state index in [-0.39, 0.29) is 5.56 Å². The lowest BCUT2D eigenvalue weighted by Gasteiger charge is -2.29. The number of rotatable bonds is 2. The molecule has 0 bridgehead atoms. The third-order valence-corrected chi connectivity index (χ3v) is 3.70. The van der Waals surface area contributed by atoms with Gasteiger partial charge in [0, 0.05) is 43.9 Å². The first-order chi connectivity index (χ1) is 9.67. The third kappa shape index (κ3) is 2.41. The lowest BCUT2D eigenvalue weighted by molar-refractivity contribution is 0.572. The minimum absolute atomic E-state index is 0.0443. The molecule has 3 heterocycles. The average molecular weight is 291 g/mol. The van der Waals surface area contributed by atoms with Gasteiger partial charge in [-0.1, -0.05) is 11.6 Å². The van der Waals surface area contributed by atoms with E-state index >= 15 is 0 Å². The summed E-state index contributed by atoms with van der Waals surface area (Å²) in [6.45, 7) is 4.04. The van der Waals surface area contributed by atoms with Crippen LogP contribution in [0.2, 0.25) is 5.02 Å². The Morgan fingerprint density at radius 3 is 2.95 bits per heavy atom. The van der Waals surface area contributed by atoms with E-state index in [9.17, 15) is 4.79 Å². The van der Waals surface area contributed by atoms with Gasteiger partial charge in [-0.3, -0.25) is 4.79 Å². The number of fused-ring (bicyclic) bond motifs is 1. The second-order valence-corrected chi connectivity index (χ2v) is 5.21. The maximum atomic E-state index is 11.9. The molecule has 0 N–H and O–H groups in total. The van der Waals surface area contributed by atoms with Gasteiger partial charge in [0.05, 0.1) is 10.7 Å². The summed E-state index contributed by atoms with van der Waals surface area (Å²) in [6, 6.07) is 5.41. The van der Waals surface area contributed by atoms with Gasteiger partial charge in [-0.15, -0.1) is 0 Å². The van der Waals surface area contributed by atoms with Crippen LogP contribution in [0.5, 0.6) is 0 Å². The molecular weight excluding hydrogens is 276 g/mol. The van der Waals surface area contributed by atoms with Crippen LogP contribution in [0.3, 0.4) is 0 Å². The van der Waals surface area contributed by atoms with E-state index < -0.39 is 0 Å². The molecule has 20 heavy (non-hydrogen) atoms. The molecule has 1 aliphatic rings. The largest absolute Gasteiger partial charge is 0.352 e. The molecule has 0 aromatic carbocycles. The molecule has 0 saturated carbocycles. The van der Waals surface area contributed by atoms with Gasteiger partial charge in [0.2, 0.25) is 0 Å². The Morgan fingerprint density at radius 1 is 1.40 bits per heavy atom. The zero-order chi connectivity index (χ0) is 14.1. The van der Waals surface area contributed by atoms with Crippen LogP contribution >= 0.6 is 11.6 Å². The van der Waals surface area contributed by atoms with E-state index in [1.165, 1.54) is 4.68 Å². The quantitative estimate of drug-likeness (QED) is 0.847. The summed E-state index contributed by atoms with van der Waals surface area (Å²) in [7, 11) is 0. The van der Waals surface area contributed by atoms with Gasteiger partial charge < -0.3 is 4.90 Å². The Labute approximate surface area is 121 Å². The predicted octanol–water partition coefficient (Wildman–Crippen LogP) is 1.87. The van der Waals surface area contributed by atoms with Gasteiger partial charge >= 0.3 is 0 Å². The Kier molecular flexibility index (Phi) is 3.44. The zero-order valence-electron chi connectivity index (χ0n) is 11.2.